The summed E-state index contributed by atoms with van der Waals surface area (Å²) in [5.74, 6) is 0. The molecule has 0 N–H and O–H groups in total. The summed E-state index contributed by atoms with van der Waals surface area (Å²) in [6.07, 6.45) is 3.67. The Morgan fingerprint density at radius 2 is 1.50 bits per heavy atom. The molecule has 0 saturated carbocycles. The minimum absolute atomic E-state index is 0.0804. The lowest BCUT2D eigenvalue weighted by Gasteiger charge is -2.35. The van der Waals surface area contributed by atoms with Gasteiger partial charge in [-0.05, 0) is 39.3 Å². The molecule has 0 spiro atoms. The topological polar surface area (TPSA) is 18.5 Å². The van der Waals surface area contributed by atoms with Gasteiger partial charge in [0, 0.05) is 6.61 Å². The van der Waals surface area contributed by atoms with E-state index in [1.165, 1.54) is 19.3 Å². The SMILES string of the molecule is CCCCCO[Si](CC)(CC)OC(C)(C)C. The molecule has 0 rings (SSSR count). The highest BCUT2D eigenvalue weighted by molar-refractivity contribution is 6.67. The van der Waals surface area contributed by atoms with Gasteiger partial charge in [0.25, 0.3) is 0 Å². The number of hydrogen-bond donors (Lipinski definition) is 0. The summed E-state index contributed by atoms with van der Waals surface area (Å²) in [7, 11) is -1.93. The van der Waals surface area contributed by atoms with Gasteiger partial charge in [0.15, 0.2) is 0 Å². The molecule has 0 bridgehead atoms. The normalized spacial score (nSPS) is 13.1. The van der Waals surface area contributed by atoms with Crippen LogP contribution in [0.25, 0.3) is 0 Å². The molecule has 16 heavy (non-hydrogen) atoms. The van der Waals surface area contributed by atoms with Crippen LogP contribution >= 0.6 is 0 Å². The fourth-order valence-electron chi connectivity index (χ4n) is 1.80. The van der Waals surface area contributed by atoms with Crippen LogP contribution in [0.4, 0.5) is 0 Å². The Hall–Kier alpha value is 0.137. The number of rotatable bonds is 8. The first kappa shape index (κ1) is 16.1. The van der Waals surface area contributed by atoms with Gasteiger partial charge < -0.3 is 8.85 Å². The Morgan fingerprint density at radius 1 is 0.938 bits per heavy atom. The van der Waals surface area contributed by atoms with E-state index in [0.29, 0.717) is 0 Å². The van der Waals surface area contributed by atoms with Gasteiger partial charge in [0.1, 0.15) is 0 Å². The first-order chi connectivity index (χ1) is 7.39. The van der Waals surface area contributed by atoms with Gasteiger partial charge >= 0.3 is 8.56 Å². The van der Waals surface area contributed by atoms with E-state index in [1.54, 1.807) is 0 Å². The van der Waals surface area contributed by atoms with Crippen LogP contribution < -0.4 is 0 Å². The Balaban J connectivity index is 4.21. The summed E-state index contributed by atoms with van der Waals surface area (Å²) in [5, 5.41) is 0. The van der Waals surface area contributed by atoms with Gasteiger partial charge in [0.2, 0.25) is 0 Å². The molecule has 0 radical (unpaired) electrons. The van der Waals surface area contributed by atoms with Crippen LogP contribution in [-0.2, 0) is 8.85 Å². The first-order valence-electron chi connectivity index (χ1n) is 6.73. The summed E-state index contributed by atoms with van der Waals surface area (Å²) >= 11 is 0. The highest BCUT2D eigenvalue weighted by Gasteiger charge is 2.37. The van der Waals surface area contributed by atoms with Crippen molar-refractivity contribution in [1.82, 2.24) is 0 Å². The van der Waals surface area contributed by atoms with E-state index in [4.69, 9.17) is 8.85 Å². The maximum absolute atomic E-state index is 6.22. The molecule has 0 amide bonds. The van der Waals surface area contributed by atoms with Gasteiger partial charge in [-0.1, -0.05) is 33.6 Å². The predicted octanol–water partition coefficient (Wildman–Crippen LogP) is 4.49. The molecule has 0 saturated heterocycles. The third kappa shape index (κ3) is 6.66. The van der Waals surface area contributed by atoms with E-state index in [9.17, 15) is 0 Å². The van der Waals surface area contributed by atoms with Crippen LogP contribution in [0.1, 0.15) is 60.8 Å². The molecule has 0 aromatic heterocycles. The molecule has 0 aliphatic rings. The van der Waals surface area contributed by atoms with E-state index < -0.39 is 8.56 Å². The zero-order valence-electron chi connectivity index (χ0n) is 12.1. The van der Waals surface area contributed by atoms with Gasteiger partial charge in [-0.3, -0.25) is 0 Å². The lowest BCUT2D eigenvalue weighted by molar-refractivity contribution is 0.0623. The van der Waals surface area contributed by atoms with Crippen LogP contribution in [0.5, 0.6) is 0 Å². The van der Waals surface area contributed by atoms with Crippen LogP contribution in [-0.4, -0.2) is 20.8 Å². The van der Waals surface area contributed by atoms with Crippen LogP contribution in [0, 0.1) is 0 Å². The van der Waals surface area contributed by atoms with Crippen molar-refractivity contribution in [3.8, 4) is 0 Å². The van der Waals surface area contributed by atoms with Gasteiger partial charge in [0.05, 0.1) is 5.60 Å². The van der Waals surface area contributed by atoms with Crippen molar-refractivity contribution in [2.75, 3.05) is 6.61 Å². The van der Waals surface area contributed by atoms with Crippen molar-refractivity contribution < 1.29 is 8.85 Å². The van der Waals surface area contributed by atoms with Crippen molar-refractivity contribution in [3.05, 3.63) is 0 Å². The Kier molecular flexibility index (Phi) is 7.52. The van der Waals surface area contributed by atoms with Crippen molar-refractivity contribution in [3.63, 3.8) is 0 Å². The zero-order chi connectivity index (χ0) is 12.7. The fraction of sp³-hybridized carbons (Fsp3) is 1.00. The van der Waals surface area contributed by atoms with Crippen LogP contribution in [0.3, 0.4) is 0 Å². The Morgan fingerprint density at radius 3 is 1.88 bits per heavy atom. The molecule has 0 aromatic carbocycles. The molecule has 0 aromatic rings. The highest BCUT2D eigenvalue weighted by atomic mass is 28.4. The second kappa shape index (κ2) is 7.46. The largest absolute Gasteiger partial charge is 0.394 e. The van der Waals surface area contributed by atoms with E-state index in [0.717, 1.165) is 18.7 Å². The van der Waals surface area contributed by atoms with Crippen molar-refractivity contribution in [2.45, 2.75) is 78.5 Å². The molecule has 2 nitrogen and oxygen atoms in total. The fourth-order valence-corrected chi connectivity index (χ4v) is 4.68. The van der Waals surface area contributed by atoms with Crippen LogP contribution in [0.15, 0.2) is 0 Å². The van der Waals surface area contributed by atoms with Gasteiger partial charge in [-0.15, -0.1) is 0 Å². The lowest BCUT2D eigenvalue weighted by Crippen LogP contribution is -2.46. The van der Waals surface area contributed by atoms with E-state index in [2.05, 4.69) is 41.5 Å². The summed E-state index contributed by atoms with van der Waals surface area (Å²) in [6.45, 7) is 13.8. The average molecular weight is 246 g/mol. The molecule has 0 atom stereocenters. The molecular weight excluding hydrogens is 216 g/mol. The molecule has 0 aliphatic carbocycles. The molecule has 0 fully saturated rings. The maximum Gasteiger partial charge on any atom is 0.337 e. The average Bonchev–Trinajstić information content (AvgIpc) is 2.21. The minimum Gasteiger partial charge on any atom is -0.394 e. The zero-order valence-corrected chi connectivity index (χ0v) is 13.1. The molecule has 0 heterocycles. The second-order valence-corrected chi connectivity index (χ2v) is 9.12. The van der Waals surface area contributed by atoms with E-state index in [1.807, 2.05) is 0 Å². The van der Waals surface area contributed by atoms with Gasteiger partial charge in [-0.2, -0.15) is 0 Å². The number of unbranched alkanes of at least 4 members (excludes halogenated alkanes) is 2. The van der Waals surface area contributed by atoms with Crippen molar-refractivity contribution in [2.24, 2.45) is 0 Å². The molecular formula is C13H30O2Si. The minimum atomic E-state index is -1.93. The van der Waals surface area contributed by atoms with Crippen LogP contribution in [0.2, 0.25) is 12.1 Å². The standard InChI is InChI=1S/C13H30O2Si/c1-7-10-11-12-14-16(8-2,9-3)15-13(4,5)6/h7-12H2,1-6H3. The van der Waals surface area contributed by atoms with Crippen molar-refractivity contribution in [1.29, 1.82) is 0 Å². The van der Waals surface area contributed by atoms with Gasteiger partial charge in [-0.25, -0.2) is 0 Å². The summed E-state index contributed by atoms with van der Waals surface area (Å²) < 4.78 is 12.3. The van der Waals surface area contributed by atoms with E-state index in [-0.39, 0.29) is 5.60 Å². The van der Waals surface area contributed by atoms with E-state index >= 15 is 0 Å². The molecule has 0 unspecified atom stereocenters. The predicted molar refractivity (Wildman–Crippen MR) is 73.0 cm³/mol. The highest BCUT2D eigenvalue weighted by Crippen LogP contribution is 2.25. The lowest BCUT2D eigenvalue weighted by atomic mass is 10.2. The maximum atomic E-state index is 6.22. The quantitative estimate of drug-likeness (QED) is 0.464. The summed E-state index contributed by atoms with van der Waals surface area (Å²) in [6, 6.07) is 2.10. The molecule has 3 heteroatoms. The summed E-state index contributed by atoms with van der Waals surface area (Å²) in [4.78, 5) is 0. The molecule has 98 valence electrons. The Labute approximate surface area is 103 Å². The summed E-state index contributed by atoms with van der Waals surface area (Å²) in [5.41, 5.74) is -0.0804. The Bertz CT molecular complexity index is 171. The first-order valence-corrected chi connectivity index (χ1v) is 8.96. The monoisotopic (exact) mass is 246 g/mol. The second-order valence-electron chi connectivity index (χ2n) is 5.39. The van der Waals surface area contributed by atoms with Crippen molar-refractivity contribution >= 4 is 8.56 Å². The third-order valence-electron chi connectivity index (χ3n) is 2.68. The molecule has 0 aliphatic heterocycles. The number of hydrogen-bond acceptors (Lipinski definition) is 2. The smallest absolute Gasteiger partial charge is 0.337 e. The third-order valence-corrected chi connectivity index (χ3v) is 6.55.